The Hall–Kier alpha value is -3.24. The largest absolute Gasteiger partial charge is 0.576 e. The van der Waals surface area contributed by atoms with Crippen LogP contribution in [0, 0.1) is 0 Å². The van der Waals surface area contributed by atoms with Crippen LogP contribution in [0.2, 0.25) is 0 Å². The van der Waals surface area contributed by atoms with Crippen LogP contribution in [-0.2, 0) is 0 Å². The lowest BCUT2D eigenvalue weighted by Crippen LogP contribution is -2.10. The Kier molecular flexibility index (Phi) is 7.04. The Bertz CT molecular complexity index is 746. The first kappa shape index (κ1) is 20.1. The van der Waals surface area contributed by atoms with Crippen molar-refractivity contribution < 1.29 is 45.1 Å². The molecule has 27 heavy (non-hydrogen) atoms. The van der Waals surface area contributed by atoms with Crippen LogP contribution in [0.15, 0.2) is 72.7 Å². The molecule has 0 N–H and O–H groups in total. The zero-order valence-electron chi connectivity index (χ0n) is 13.2. The normalized spacial score (nSPS) is 9.85. The molecule has 0 spiro atoms. The molecule has 0 aliphatic heterocycles. The third-order valence-electron chi connectivity index (χ3n) is 2.81. The molecule has 0 aliphatic carbocycles. The van der Waals surface area contributed by atoms with E-state index in [1.54, 1.807) is 0 Å². The van der Waals surface area contributed by atoms with E-state index in [1.165, 1.54) is 48.5 Å². The number of halogens is 6. The molecule has 0 unspecified atom stereocenters. The highest BCUT2D eigenvalue weighted by Gasteiger charge is 2.09. The number of benzene rings is 2. The van der Waals surface area contributed by atoms with Crippen molar-refractivity contribution in [1.29, 1.82) is 0 Å². The zero-order chi connectivity index (χ0) is 19.8. The van der Waals surface area contributed by atoms with Gasteiger partial charge in [-0.2, -0.15) is 26.3 Å². The summed E-state index contributed by atoms with van der Waals surface area (Å²) in [6.07, 6.45) is -5.15. The highest BCUT2D eigenvalue weighted by molar-refractivity contribution is 6.20. The second kappa shape index (κ2) is 9.46. The summed E-state index contributed by atoms with van der Waals surface area (Å²) in [5.74, 6) is 0.237. The maximum Gasteiger partial charge on any atom is 0.576 e. The van der Waals surface area contributed by atoms with Gasteiger partial charge in [0.15, 0.2) is 0 Å². The molecule has 4 nitrogen and oxygen atoms in total. The van der Waals surface area contributed by atoms with Crippen LogP contribution in [0.4, 0.5) is 26.3 Å². The van der Waals surface area contributed by atoms with E-state index >= 15 is 0 Å². The summed E-state index contributed by atoms with van der Waals surface area (Å²) in [6.45, 7) is 0. The van der Waals surface area contributed by atoms with Gasteiger partial charge in [-0.05, 0) is 48.5 Å². The lowest BCUT2D eigenvalue weighted by molar-refractivity contribution is 0.241. The third-order valence-corrected chi connectivity index (χ3v) is 2.81. The molecule has 0 heterocycles. The lowest BCUT2D eigenvalue weighted by atomic mass is 10.3. The van der Waals surface area contributed by atoms with Gasteiger partial charge in [-0.1, -0.05) is 0 Å². The van der Waals surface area contributed by atoms with Gasteiger partial charge in [-0.25, -0.2) is 0 Å². The summed E-state index contributed by atoms with van der Waals surface area (Å²) in [5.41, 5.74) is 0. The summed E-state index contributed by atoms with van der Waals surface area (Å²) >= 11 is 0. The van der Waals surface area contributed by atoms with E-state index in [-0.39, 0.29) is 30.7 Å². The van der Waals surface area contributed by atoms with Crippen molar-refractivity contribution in [3.8, 4) is 23.0 Å². The maximum atomic E-state index is 12.6. The van der Waals surface area contributed by atoms with Crippen molar-refractivity contribution in [1.82, 2.24) is 0 Å². The fourth-order valence-electron chi connectivity index (χ4n) is 1.66. The SMILES string of the molecule is FC(F)=C(F)Oc1ccc(OBOc2ccc(OC(F)=C(F)F)cc2)cc1. The van der Waals surface area contributed by atoms with Gasteiger partial charge >= 0.3 is 31.9 Å². The lowest BCUT2D eigenvalue weighted by Gasteiger charge is -2.09. The second-order valence-corrected chi connectivity index (χ2v) is 4.62. The minimum Gasteiger partial charge on any atom is -0.529 e. The zero-order valence-corrected chi connectivity index (χ0v) is 13.2. The molecule has 0 fully saturated rings. The average molecular weight is 390 g/mol. The van der Waals surface area contributed by atoms with Crippen LogP contribution in [0.25, 0.3) is 0 Å². The molecule has 0 aliphatic rings. The Labute approximate surface area is 149 Å². The molecule has 0 aromatic heterocycles. The first-order valence-electron chi connectivity index (χ1n) is 7.08. The van der Waals surface area contributed by atoms with Gasteiger partial charge < -0.3 is 18.8 Å². The van der Waals surface area contributed by atoms with E-state index < -0.39 is 24.2 Å². The molecule has 0 radical (unpaired) electrons. The molecule has 2 aromatic carbocycles. The minimum absolute atomic E-state index is 0.157. The molecular formula is C16H9BF6O4. The predicted molar refractivity (Wildman–Crippen MR) is 83.2 cm³/mol. The van der Waals surface area contributed by atoms with Crippen molar-refractivity contribution in [2.75, 3.05) is 0 Å². The molecule has 0 atom stereocenters. The highest BCUT2D eigenvalue weighted by atomic mass is 19.3. The molecule has 0 saturated carbocycles. The Balaban J connectivity index is 1.82. The molecule has 0 amide bonds. The summed E-state index contributed by atoms with van der Waals surface area (Å²) < 4.78 is 91.9. The Morgan fingerprint density at radius 2 is 0.815 bits per heavy atom. The van der Waals surface area contributed by atoms with Crippen molar-refractivity contribution in [3.05, 3.63) is 72.7 Å². The number of hydrogen-bond acceptors (Lipinski definition) is 4. The van der Waals surface area contributed by atoms with E-state index in [4.69, 9.17) is 9.31 Å². The monoisotopic (exact) mass is 390 g/mol. The summed E-state index contributed by atoms with van der Waals surface area (Å²) in [6, 6.07) is 6.16. The van der Waals surface area contributed by atoms with Gasteiger partial charge in [0.05, 0.1) is 0 Å². The van der Waals surface area contributed by atoms with Crippen molar-refractivity contribution in [2.24, 2.45) is 0 Å². The van der Waals surface area contributed by atoms with Crippen LogP contribution in [0.5, 0.6) is 23.0 Å². The Morgan fingerprint density at radius 1 is 0.519 bits per heavy atom. The van der Waals surface area contributed by atoms with E-state index in [0.29, 0.717) is 0 Å². The molecule has 0 saturated heterocycles. The number of hydrogen-bond donors (Lipinski definition) is 0. The second-order valence-electron chi connectivity index (χ2n) is 4.62. The van der Waals surface area contributed by atoms with Gasteiger partial charge in [0.2, 0.25) is 0 Å². The Morgan fingerprint density at radius 3 is 1.11 bits per heavy atom. The van der Waals surface area contributed by atoms with E-state index in [0.717, 1.165) is 0 Å². The summed E-state index contributed by atoms with van der Waals surface area (Å²) in [5, 5.41) is 0. The van der Waals surface area contributed by atoms with Gasteiger partial charge in [0, 0.05) is 0 Å². The van der Waals surface area contributed by atoms with Gasteiger partial charge in [-0.15, -0.1) is 0 Å². The van der Waals surface area contributed by atoms with Gasteiger partial charge in [0.1, 0.15) is 23.0 Å². The standard InChI is InChI=1S/C16H9BF6O4/c18-13(19)15(22)24-9-1-5-11(6-2-9)26-17-27-12-7-3-10(4-8-12)25-16(23)14(20)21/h1-8,17H. The third kappa shape index (κ3) is 6.53. The summed E-state index contributed by atoms with van der Waals surface area (Å²) in [7, 11) is -0.263. The number of ether oxygens (including phenoxy) is 2. The van der Waals surface area contributed by atoms with Gasteiger partial charge in [0.25, 0.3) is 0 Å². The number of rotatable bonds is 8. The van der Waals surface area contributed by atoms with Crippen LogP contribution < -0.4 is 18.8 Å². The van der Waals surface area contributed by atoms with Crippen LogP contribution in [0.3, 0.4) is 0 Å². The quantitative estimate of drug-likeness (QED) is 0.351. The molecule has 11 heteroatoms. The molecule has 2 rings (SSSR count). The summed E-state index contributed by atoms with van der Waals surface area (Å²) in [4.78, 5) is 0. The molecule has 2 aromatic rings. The highest BCUT2D eigenvalue weighted by Crippen LogP contribution is 2.23. The maximum absolute atomic E-state index is 12.6. The van der Waals surface area contributed by atoms with Crippen LogP contribution in [0.1, 0.15) is 0 Å². The van der Waals surface area contributed by atoms with Crippen molar-refractivity contribution in [2.45, 2.75) is 0 Å². The fourth-order valence-corrected chi connectivity index (χ4v) is 1.66. The van der Waals surface area contributed by atoms with E-state index in [1.807, 2.05) is 0 Å². The van der Waals surface area contributed by atoms with Crippen molar-refractivity contribution >= 4 is 7.69 Å². The molecule has 0 bridgehead atoms. The molecule has 142 valence electrons. The predicted octanol–water partition coefficient (Wildman–Crippen LogP) is 5.24. The fraction of sp³-hybridized carbons (Fsp3) is 0. The van der Waals surface area contributed by atoms with Crippen LogP contribution >= 0.6 is 0 Å². The minimum atomic E-state index is -2.58. The first-order valence-corrected chi connectivity index (χ1v) is 7.08. The van der Waals surface area contributed by atoms with E-state index in [9.17, 15) is 26.3 Å². The average Bonchev–Trinajstić information content (AvgIpc) is 2.64. The van der Waals surface area contributed by atoms with Crippen molar-refractivity contribution in [3.63, 3.8) is 0 Å². The van der Waals surface area contributed by atoms with E-state index in [2.05, 4.69) is 9.47 Å². The topological polar surface area (TPSA) is 36.9 Å². The smallest absolute Gasteiger partial charge is 0.529 e. The van der Waals surface area contributed by atoms with Gasteiger partial charge in [-0.3, -0.25) is 0 Å². The molecular weight excluding hydrogens is 381 g/mol. The van der Waals surface area contributed by atoms with Crippen LogP contribution in [-0.4, -0.2) is 7.69 Å². The first-order chi connectivity index (χ1) is 12.8.